The van der Waals surface area contributed by atoms with Gasteiger partial charge in [-0.05, 0) is 44.2 Å². The van der Waals surface area contributed by atoms with Gasteiger partial charge in [0.2, 0.25) is 0 Å². The molecule has 0 radical (unpaired) electrons. The molecule has 3 aliphatic heterocycles. The number of rotatable bonds is 4. The topological polar surface area (TPSA) is 100 Å². The molecule has 1 aromatic carbocycles. The van der Waals surface area contributed by atoms with Gasteiger partial charge in [-0.2, -0.15) is 0 Å². The molecule has 1 unspecified atom stereocenters. The molecule has 150 valence electrons. The number of hydrogen-bond acceptors (Lipinski definition) is 5. The van der Waals surface area contributed by atoms with Crippen LogP contribution in [0, 0.1) is 0 Å². The number of nitrogens with two attached hydrogens (primary N) is 1. The van der Waals surface area contributed by atoms with Crippen LogP contribution in [0.4, 0.5) is 11.5 Å². The van der Waals surface area contributed by atoms with Crippen molar-refractivity contribution in [2.75, 3.05) is 17.2 Å². The van der Waals surface area contributed by atoms with Crippen LogP contribution in [-0.2, 0) is 6.42 Å². The Labute approximate surface area is 169 Å². The quantitative estimate of drug-likeness (QED) is 0.743. The van der Waals surface area contributed by atoms with E-state index in [1.807, 2.05) is 30.3 Å². The molecule has 0 saturated carbocycles. The fraction of sp³-hybridized carbons (Fsp3) is 0.409. The number of fused-ring (bicyclic) bond motifs is 3. The first kappa shape index (κ1) is 18.0. The Morgan fingerprint density at radius 2 is 1.86 bits per heavy atom. The fourth-order valence-corrected chi connectivity index (χ4v) is 5.17. The normalized spacial score (nSPS) is 24.7. The largest absolute Gasteiger partial charge is 0.381 e. The summed E-state index contributed by atoms with van der Waals surface area (Å²) in [6.45, 7) is 0.814. The molecule has 2 saturated heterocycles. The number of aromatic nitrogens is 1. The molecule has 0 aliphatic carbocycles. The number of nitrogens with zero attached hydrogens (tertiary/aromatic N) is 2. The van der Waals surface area contributed by atoms with Gasteiger partial charge in [-0.25, -0.2) is 4.98 Å². The van der Waals surface area contributed by atoms with Crippen molar-refractivity contribution in [1.29, 1.82) is 0 Å². The van der Waals surface area contributed by atoms with Crippen molar-refractivity contribution in [1.82, 2.24) is 9.88 Å². The lowest BCUT2D eigenvalue weighted by Gasteiger charge is -2.40. The van der Waals surface area contributed by atoms with Crippen LogP contribution in [0.5, 0.6) is 0 Å². The molecule has 4 heterocycles. The number of pyridine rings is 1. The second-order valence-corrected chi connectivity index (χ2v) is 8.19. The Bertz CT molecular complexity index is 947. The summed E-state index contributed by atoms with van der Waals surface area (Å²) in [6.07, 6.45) is 6.18. The number of benzene rings is 1. The zero-order valence-corrected chi connectivity index (χ0v) is 16.2. The van der Waals surface area contributed by atoms with Gasteiger partial charge in [-0.1, -0.05) is 18.2 Å². The molecule has 5 rings (SSSR count). The minimum atomic E-state index is -0.464. The fourth-order valence-electron chi connectivity index (χ4n) is 5.17. The van der Waals surface area contributed by atoms with Gasteiger partial charge in [-0.3, -0.25) is 9.59 Å². The summed E-state index contributed by atoms with van der Waals surface area (Å²) >= 11 is 0. The molecule has 2 aromatic rings. The van der Waals surface area contributed by atoms with E-state index in [2.05, 4.69) is 20.5 Å². The van der Waals surface area contributed by atoms with Crippen LogP contribution in [0.1, 0.15) is 52.0 Å². The predicted molar refractivity (Wildman–Crippen MR) is 111 cm³/mol. The Morgan fingerprint density at radius 3 is 2.55 bits per heavy atom. The van der Waals surface area contributed by atoms with Crippen molar-refractivity contribution in [3.8, 4) is 0 Å². The number of piperidine rings is 1. The molecule has 3 aliphatic rings. The molecule has 4 N–H and O–H groups in total. The molecular formula is C22H25N5O2. The van der Waals surface area contributed by atoms with E-state index in [0.29, 0.717) is 5.56 Å². The average molecular weight is 391 g/mol. The maximum atomic E-state index is 13.1. The third-order valence-corrected chi connectivity index (χ3v) is 6.45. The minimum absolute atomic E-state index is 0.128. The van der Waals surface area contributed by atoms with Crippen LogP contribution in [0.15, 0.2) is 36.5 Å². The van der Waals surface area contributed by atoms with Gasteiger partial charge in [0.1, 0.15) is 5.82 Å². The maximum absolute atomic E-state index is 13.1. The van der Waals surface area contributed by atoms with E-state index in [-0.39, 0.29) is 24.0 Å². The maximum Gasteiger partial charge on any atom is 0.254 e. The number of carbonyl (C=O) groups is 2. The summed E-state index contributed by atoms with van der Waals surface area (Å²) in [5.74, 6) is 0.495. The summed E-state index contributed by atoms with van der Waals surface area (Å²) < 4.78 is 0. The SMILES string of the molecule is NC(=O)c1cnc2c(c1NC1C[C@H]3CC[C@@H](C1)N3C(=O)c1ccccc1)CCN2. The van der Waals surface area contributed by atoms with E-state index in [9.17, 15) is 9.59 Å². The Hall–Kier alpha value is -3.09. The zero-order chi connectivity index (χ0) is 20.0. The average Bonchev–Trinajstić information content (AvgIpc) is 3.31. The van der Waals surface area contributed by atoms with Gasteiger partial charge in [-0.15, -0.1) is 0 Å². The van der Waals surface area contributed by atoms with Crippen molar-refractivity contribution in [3.05, 3.63) is 53.2 Å². The number of carbonyl (C=O) groups excluding carboxylic acids is 2. The van der Waals surface area contributed by atoms with Crippen molar-refractivity contribution >= 4 is 23.3 Å². The van der Waals surface area contributed by atoms with E-state index in [1.165, 1.54) is 0 Å². The van der Waals surface area contributed by atoms with Crippen LogP contribution < -0.4 is 16.4 Å². The lowest BCUT2D eigenvalue weighted by molar-refractivity contribution is 0.0583. The lowest BCUT2D eigenvalue weighted by Crippen LogP contribution is -2.49. The van der Waals surface area contributed by atoms with Gasteiger partial charge in [0.25, 0.3) is 11.8 Å². The third-order valence-electron chi connectivity index (χ3n) is 6.45. The molecule has 3 atom stereocenters. The van der Waals surface area contributed by atoms with Gasteiger partial charge in [0, 0.05) is 42.0 Å². The first-order valence-corrected chi connectivity index (χ1v) is 10.3. The van der Waals surface area contributed by atoms with Crippen molar-refractivity contribution in [2.45, 2.75) is 50.2 Å². The summed E-state index contributed by atoms with van der Waals surface area (Å²) in [5.41, 5.74) is 8.67. The number of hydrogen-bond donors (Lipinski definition) is 3. The second-order valence-electron chi connectivity index (χ2n) is 8.19. The molecule has 2 amide bonds. The van der Waals surface area contributed by atoms with Crippen LogP contribution in [-0.4, -0.2) is 46.4 Å². The van der Waals surface area contributed by atoms with Crippen molar-refractivity contribution < 1.29 is 9.59 Å². The summed E-state index contributed by atoms with van der Waals surface area (Å²) in [4.78, 5) is 31.4. The van der Waals surface area contributed by atoms with Gasteiger partial charge in [0.15, 0.2) is 0 Å². The molecule has 7 nitrogen and oxygen atoms in total. The van der Waals surface area contributed by atoms with E-state index in [0.717, 1.165) is 61.3 Å². The molecule has 0 spiro atoms. The number of amides is 2. The first-order chi connectivity index (χ1) is 14.1. The number of nitrogens with one attached hydrogen (secondary N) is 2. The van der Waals surface area contributed by atoms with E-state index in [4.69, 9.17) is 5.73 Å². The van der Waals surface area contributed by atoms with Gasteiger partial charge >= 0.3 is 0 Å². The molecule has 29 heavy (non-hydrogen) atoms. The summed E-state index contributed by atoms with van der Waals surface area (Å²) in [7, 11) is 0. The van der Waals surface area contributed by atoms with Crippen LogP contribution in [0.3, 0.4) is 0 Å². The highest BCUT2D eigenvalue weighted by Crippen LogP contribution is 2.39. The van der Waals surface area contributed by atoms with E-state index >= 15 is 0 Å². The molecule has 2 bridgehead atoms. The highest BCUT2D eigenvalue weighted by Gasteiger charge is 2.43. The van der Waals surface area contributed by atoms with Crippen LogP contribution >= 0.6 is 0 Å². The first-order valence-electron chi connectivity index (χ1n) is 10.3. The van der Waals surface area contributed by atoms with Crippen LogP contribution in [0.25, 0.3) is 0 Å². The molecule has 1 aromatic heterocycles. The third kappa shape index (κ3) is 3.10. The Balaban J connectivity index is 1.37. The Kier molecular flexibility index (Phi) is 4.38. The highest BCUT2D eigenvalue weighted by molar-refractivity contribution is 6.00. The lowest BCUT2D eigenvalue weighted by atomic mass is 9.95. The Morgan fingerprint density at radius 1 is 1.14 bits per heavy atom. The molecule has 2 fully saturated rings. The van der Waals surface area contributed by atoms with E-state index in [1.54, 1.807) is 6.20 Å². The van der Waals surface area contributed by atoms with Gasteiger partial charge in [0.05, 0.1) is 11.3 Å². The second kappa shape index (κ2) is 7.06. The molecule has 7 heteroatoms. The van der Waals surface area contributed by atoms with Crippen molar-refractivity contribution in [3.63, 3.8) is 0 Å². The predicted octanol–water partition coefficient (Wildman–Crippen LogP) is 2.40. The number of primary amides is 1. The standard InChI is InChI=1S/C22H25N5O2/c23-20(28)18-12-25-21-17(8-9-24-21)19(18)26-14-10-15-6-7-16(11-14)27(15)22(29)13-4-2-1-3-5-13/h1-5,12,14-16H,6-11H2,(H2,23,28)(H2,24,25,26)/t14?,15-,16+. The van der Waals surface area contributed by atoms with Crippen molar-refractivity contribution in [2.24, 2.45) is 5.73 Å². The number of anilines is 2. The van der Waals surface area contributed by atoms with Crippen LogP contribution in [0.2, 0.25) is 0 Å². The highest BCUT2D eigenvalue weighted by atomic mass is 16.2. The smallest absolute Gasteiger partial charge is 0.254 e. The minimum Gasteiger partial charge on any atom is -0.381 e. The molecular weight excluding hydrogens is 366 g/mol. The van der Waals surface area contributed by atoms with E-state index < -0.39 is 5.91 Å². The summed E-state index contributed by atoms with van der Waals surface area (Å²) in [6, 6.07) is 10.2. The van der Waals surface area contributed by atoms with Gasteiger partial charge < -0.3 is 21.3 Å². The monoisotopic (exact) mass is 391 g/mol. The summed E-state index contributed by atoms with van der Waals surface area (Å²) in [5, 5.41) is 6.87. The zero-order valence-electron chi connectivity index (χ0n) is 16.2.